The second-order valence-electron chi connectivity index (χ2n) is 3.62. The topological polar surface area (TPSA) is 120 Å². The van der Waals surface area contributed by atoms with Crippen LogP contribution in [0.1, 0.15) is 15.2 Å². The molecule has 2 heterocycles. The van der Waals surface area contributed by atoms with Gasteiger partial charge in [0.1, 0.15) is 12.8 Å². The van der Waals surface area contributed by atoms with Crippen molar-refractivity contribution in [1.29, 1.82) is 0 Å². The average Bonchev–Trinajstić information content (AvgIpc) is 2.92. The monoisotopic (exact) mass is 294 g/mol. The van der Waals surface area contributed by atoms with Gasteiger partial charge in [-0.25, -0.2) is 5.84 Å². The number of carbonyl (C=O) groups excluding carboxylic acids is 1. The first-order valence-electron chi connectivity index (χ1n) is 5.43. The highest BCUT2D eigenvalue weighted by Gasteiger charge is 2.17. The molecule has 0 aliphatic heterocycles. The number of pyridine rings is 1. The number of nitrogens with two attached hydrogens (primary N) is 1. The molecule has 0 aliphatic carbocycles. The molecule has 0 spiro atoms. The van der Waals surface area contributed by atoms with Crippen LogP contribution in [0.5, 0.6) is 5.75 Å². The van der Waals surface area contributed by atoms with Gasteiger partial charge in [0.05, 0.1) is 4.88 Å². The molecule has 2 aromatic heterocycles. The summed E-state index contributed by atoms with van der Waals surface area (Å²) in [6, 6.07) is 4.67. The first-order chi connectivity index (χ1) is 9.63. The minimum Gasteiger partial charge on any atom is -0.481 e. The Bertz CT molecular complexity index is 643. The fourth-order valence-corrected chi connectivity index (χ4v) is 2.31. The number of amides is 1. The van der Waals surface area contributed by atoms with Gasteiger partial charge in [0, 0.05) is 5.56 Å². The molecule has 0 fully saturated rings. The van der Waals surface area contributed by atoms with Crippen molar-refractivity contribution < 1.29 is 14.5 Å². The lowest BCUT2D eigenvalue weighted by molar-refractivity contribution is -0.390. The van der Waals surface area contributed by atoms with Gasteiger partial charge in [-0.15, -0.1) is 11.3 Å². The molecule has 8 nitrogen and oxygen atoms in total. The summed E-state index contributed by atoms with van der Waals surface area (Å²) < 4.78 is 5.36. The number of hydrogen-bond acceptors (Lipinski definition) is 7. The number of nitrogens with one attached hydrogen (secondary N) is 1. The maximum Gasteiger partial charge on any atom is 0.406 e. The molecule has 20 heavy (non-hydrogen) atoms. The van der Waals surface area contributed by atoms with Crippen LogP contribution in [-0.2, 0) is 6.61 Å². The van der Waals surface area contributed by atoms with Crippen LogP contribution < -0.4 is 16.0 Å². The zero-order valence-electron chi connectivity index (χ0n) is 10.1. The second-order valence-corrected chi connectivity index (χ2v) is 4.54. The highest BCUT2D eigenvalue weighted by molar-refractivity contribution is 7.12. The largest absolute Gasteiger partial charge is 0.481 e. The van der Waals surface area contributed by atoms with Gasteiger partial charge >= 0.3 is 5.82 Å². The molecule has 1 amide bonds. The van der Waals surface area contributed by atoms with Gasteiger partial charge in [-0.05, 0) is 33.5 Å². The summed E-state index contributed by atoms with van der Waals surface area (Å²) in [7, 11) is 0. The van der Waals surface area contributed by atoms with E-state index >= 15 is 0 Å². The third-order valence-electron chi connectivity index (χ3n) is 2.39. The van der Waals surface area contributed by atoms with Crippen LogP contribution in [0.15, 0.2) is 29.8 Å². The first-order valence-corrected chi connectivity index (χ1v) is 6.31. The van der Waals surface area contributed by atoms with Crippen LogP contribution >= 0.6 is 11.3 Å². The zero-order valence-corrected chi connectivity index (χ0v) is 10.9. The summed E-state index contributed by atoms with van der Waals surface area (Å²) in [5.41, 5.74) is 2.62. The van der Waals surface area contributed by atoms with E-state index in [1.54, 1.807) is 11.4 Å². The summed E-state index contributed by atoms with van der Waals surface area (Å²) in [6.45, 7) is 0.0127. The number of hydrogen-bond donors (Lipinski definition) is 2. The van der Waals surface area contributed by atoms with E-state index in [1.165, 1.54) is 29.7 Å². The average molecular weight is 294 g/mol. The van der Waals surface area contributed by atoms with Crippen molar-refractivity contribution in [2.24, 2.45) is 5.84 Å². The van der Waals surface area contributed by atoms with Crippen LogP contribution in [0, 0.1) is 10.1 Å². The molecule has 0 unspecified atom stereocenters. The smallest absolute Gasteiger partial charge is 0.406 e. The van der Waals surface area contributed by atoms with Crippen molar-refractivity contribution in [3.05, 3.63) is 50.3 Å². The van der Waals surface area contributed by atoms with E-state index in [9.17, 15) is 14.9 Å². The second kappa shape index (κ2) is 6.08. The molecule has 2 aromatic rings. The Morgan fingerprint density at radius 3 is 3.05 bits per heavy atom. The van der Waals surface area contributed by atoms with Crippen molar-refractivity contribution >= 4 is 23.1 Å². The maximum absolute atomic E-state index is 11.5. The Labute approximate surface area is 117 Å². The van der Waals surface area contributed by atoms with E-state index in [4.69, 9.17) is 10.6 Å². The summed E-state index contributed by atoms with van der Waals surface area (Å²) >= 11 is 1.21. The lowest BCUT2D eigenvalue weighted by Gasteiger charge is -2.06. The molecule has 0 bridgehead atoms. The predicted molar refractivity (Wildman–Crippen MR) is 71.2 cm³/mol. The summed E-state index contributed by atoms with van der Waals surface area (Å²) in [6.07, 6.45) is 1.31. The molecule has 0 saturated heterocycles. The molecule has 9 heteroatoms. The molecule has 0 saturated carbocycles. The SMILES string of the molecule is NNC(=O)c1sccc1COc1cccnc1[N+](=O)[O-]. The zero-order chi connectivity index (χ0) is 14.5. The number of rotatable bonds is 5. The number of thiophene rings is 1. The minimum atomic E-state index is -0.629. The predicted octanol–water partition coefficient (Wildman–Crippen LogP) is 1.23. The Morgan fingerprint density at radius 1 is 1.55 bits per heavy atom. The van der Waals surface area contributed by atoms with Gasteiger partial charge in [0.25, 0.3) is 5.91 Å². The Hall–Kier alpha value is -2.52. The van der Waals surface area contributed by atoms with Crippen LogP contribution in [-0.4, -0.2) is 15.8 Å². The van der Waals surface area contributed by atoms with Crippen LogP contribution in [0.25, 0.3) is 0 Å². The van der Waals surface area contributed by atoms with E-state index in [0.29, 0.717) is 10.4 Å². The number of nitrogen functional groups attached to an aromatic ring is 1. The third-order valence-corrected chi connectivity index (χ3v) is 3.35. The molecular weight excluding hydrogens is 284 g/mol. The van der Waals surface area contributed by atoms with Crippen molar-refractivity contribution in [1.82, 2.24) is 10.4 Å². The number of hydrazine groups is 1. The van der Waals surface area contributed by atoms with Gasteiger partial charge in [-0.2, -0.15) is 0 Å². The van der Waals surface area contributed by atoms with E-state index in [2.05, 4.69) is 4.98 Å². The van der Waals surface area contributed by atoms with Gasteiger partial charge < -0.3 is 14.9 Å². The normalized spacial score (nSPS) is 10.1. The fourth-order valence-electron chi connectivity index (χ4n) is 1.50. The molecular formula is C11H10N4O4S. The number of nitrogens with zero attached hydrogens (tertiary/aromatic N) is 2. The highest BCUT2D eigenvalue weighted by atomic mass is 32.1. The maximum atomic E-state index is 11.5. The van der Waals surface area contributed by atoms with Gasteiger partial charge in [-0.1, -0.05) is 0 Å². The lowest BCUT2D eigenvalue weighted by atomic mass is 10.2. The minimum absolute atomic E-state index is 0.0127. The number of nitro groups is 1. The highest BCUT2D eigenvalue weighted by Crippen LogP contribution is 2.25. The van der Waals surface area contributed by atoms with E-state index in [1.807, 2.05) is 5.43 Å². The van der Waals surface area contributed by atoms with Gasteiger partial charge in [-0.3, -0.25) is 10.2 Å². The summed E-state index contributed by atoms with van der Waals surface area (Å²) in [4.78, 5) is 25.7. The van der Waals surface area contributed by atoms with E-state index in [0.717, 1.165) is 0 Å². The fraction of sp³-hybridized carbons (Fsp3) is 0.0909. The number of aromatic nitrogens is 1. The number of ether oxygens (including phenoxy) is 1. The molecule has 3 N–H and O–H groups in total. The quantitative estimate of drug-likeness (QED) is 0.370. The van der Waals surface area contributed by atoms with Gasteiger partial charge in [0.2, 0.25) is 5.75 Å². The van der Waals surface area contributed by atoms with Gasteiger partial charge in [0.15, 0.2) is 0 Å². The summed E-state index contributed by atoms with van der Waals surface area (Å²) in [5.74, 6) is 4.32. The Balaban J connectivity index is 2.16. The van der Waals surface area contributed by atoms with Crippen molar-refractivity contribution in [2.75, 3.05) is 0 Å². The first kappa shape index (κ1) is 13.9. The Kier molecular flexibility index (Phi) is 4.23. The van der Waals surface area contributed by atoms with Crippen molar-refractivity contribution in [2.45, 2.75) is 6.61 Å². The third kappa shape index (κ3) is 2.90. The molecule has 2 rings (SSSR count). The molecule has 0 atom stereocenters. The standard InChI is InChI=1S/C11H10N4O4S/c12-14-11(16)9-7(3-5-20-9)6-19-8-2-1-4-13-10(8)15(17)18/h1-5H,6,12H2,(H,14,16). The van der Waals surface area contributed by atoms with Crippen LogP contribution in [0.4, 0.5) is 5.82 Å². The van der Waals surface area contributed by atoms with Crippen LogP contribution in [0.3, 0.4) is 0 Å². The van der Waals surface area contributed by atoms with Crippen molar-refractivity contribution in [3.63, 3.8) is 0 Å². The molecule has 0 radical (unpaired) electrons. The van der Waals surface area contributed by atoms with E-state index in [-0.39, 0.29) is 18.2 Å². The molecule has 0 aromatic carbocycles. The molecule has 0 aliphatic rings. The van der Waals surface area contributed by atoms with Crippen LogP contribution in [0.2, 0.25) is 0 Å². The van der Waals surface area contributed by atoms with Crippen molar-refractivity contribution in [3.8, 4) is 5.75 Å². The summed E-state index contributed by atoms with van der Waals surface area (Å²) in [5, 5.41) is 12.5. The lowest BCUT2D eigenvalue weighted by Crippen LogP contribution is -2.30. The van der Waals surface area contributed by atoms with E-state index < -0.39 is 10.8 Å². The number of carbonyl (C=O) groups is 1. The Morgan fingerprint density at radius 2 is 2.35 bits per heavy atom. The molecule has 104 valence electrons.